The second-order valence-corrected chi connectivity index (χ2v) is 11.1. The number of methoxy groups -OCH3 is 2. The van der Waals surface area contributed by atoms with Crippen LogP contribution in [0, 0.1) is 29.0 Å². The minimum absolute atomic E-state index is 0.0589. The van der Waals surface area contributed by atoms with Crippen molar-refractivity contribution in [2.45, 2.75) is 70.8 Å². The number of nitrogens with one attached hydrogen (secondary N) is 1. The standard InChI is InChI=1S/C27H38FNO5/c1-16-7-18-8-17(2)12-27(11-16,13-18)15-34-24-10-22(28)21(9-20(24)19-5-6-19)25(30)29-23(14-32-3)26(31)33-4/h9-10,16-19,23H,5-8,11-15H2,1-4H3,(H,29,30). The van der Waals surface area contributed by atoms with E-state index in [1.165, 1.54) is 39.5 Å². The van der Waals surface area contributed by atoms with Crippen LogP contribution in [0.25, 0.3) is 0 Å². The first-order valence-electron chi connectivity index (χ1n) is 12.6. The van der Waals surface area contributed by atoms with Gasteiger partial charge in [-0.2, -0.15) is 0 Å². The van der Waals surface area contributed by atoms with Crippen LogP contribution in [-0.2, 0) is 14.3 Å². The van der Waals surface area contributed by atoms with E-state index in [1.54, 1.807) is 6.07 Å². The molecule has 0 aliphatic heterocycles. The van der Waals surface area contributed by atoms with Gasteiger partial charge in [0.05, 0.1) is 25.9 Å². The Bertz CT molecular complexity index is 895. The number of ether oxygens (including phenoxy) is 3. The van der Waals surface area contributed by atoms with Crippen LogP contribution in [0.1, 0.15) is 80.6 Å². The maximum atomic E-state index is 15.1. The summed E-state index contributed by atoms with van der Waals surface area (Å²) in [6.07, 6.45) is 8.10. The fourth-order valence-corrected chi connectivity index (χ4v) is 6.61. The van der Waals surface area contributed by atoms with Gasteiger partial charge in [0.2, 0.25) is 0 Å². The van der Waals surface area contributed by atoms with E-state index in [0.717, 1.165) is 37.2 Å². The van der Waals surface area contributed by atoms with Gasteiger partial charge in [0.1, 0.15) is 11.6 Å². The zero-order valence-electron chi connectivity index (χ0n) is 20.8. The minimum Gasteiger partial charge on any atom is -0.493 e. The highest BCUT2D eigenvalue weighted by Crippen LogP contribution is 2.53. The van der Waals surface area contributed by atoms with Crippen molar-refractivity contribution >= 4 is 11.9 Å². The summed E-state index contributed by atoms with van der Waals surface area (Å²) in [5.74, 6) is 1.02. The molecule has 7 heteroatoms. The Morgan fingerprint density at radius 2 is 1.79 bits per heavy atom. The molecule has 2 bridgehead atoms. The van der Waals surface area contributed by atoms with E-state index in [2.05, 4.69) is 19.2 Å². The molecule has 188 valence electrons. The third kappa shape index (κ3) is 5.56. The van der Waals surface area contributed by atoms with Crippen LogP contribution in [0.4, 0.5) is 4.39 Å². The second-order valence-electron chi connectivity index (χ2n) is 11.1. The molecule has 3 saturated carbocycles. The number of carbonyl (C=O) groups is 2. The minimum atomic E-state index is -1.00. The molecule has 3 unspecified atom stereocenters. The van der Waals surface area contributed by atoms with E-state index in [9.17, 15) is 9.59 Å². The lowest BCUT2D eigenvalue weighted by Crippen LogP contribution is -2.44. The first-order valence-corrected chi connectivity index (χ1v) is 12.6. The van der Waals surface area contributed by atoms with Gasteiger partial charge in [0, 0.05) is 18.6 Å². The Hall–Kier alpha value is -2.15. The number of fused-ring (bicyclic) bond motifs is 2. The monoisotopic (exact) mass is 475 g/mol. The molecule has 0 heterocycles. The number of halogens is 1. The number of hydrogen-bond donors (Lipinski definition) is 1. The highest BCUT2D eigenvalue weighted by atomic mass is 19.1. The highest BCUT2D eigenvalue weighted by molar-refractivity contribution is 5.97. The van der Waals surface area contributed by atoms with Crippen LogP contribution in [0.5, 0.6) is 5.75 Å². The summed E-state index contributed by atoms with van der Waals surface area (Å²) in [5.41, 5.74) is 0.949. The molecule has 3 aliphatic carbocycles. The van der Waals surface area contributed by atoms with Crippen molar-refractivity contribution in [3.8, 4) is 5.75 Å². The molecule has 4 rings (SSSR count). The average molecular weight is 476 g/mol. The molecular weight excluding hydrogens is 437 g/mol. The zero-order valence-corrected chi connectivity index (χ0v) is 20.8. The summed E-state index contributed by atoms with van der Waals surface area (Å²) >= 11 is 0. The quantitative estimate of drug-likeness (QED) is 0.517. The van der Waals surface area contributed by atoms with E-state index in [-0.39, 0.29) is 23.5 Å². The van der Waals surface area contributed by atoms with Gasteiger partial charge in [-0.15, -0.1) is 0 Å². The number of esters is 1. The maximum Gasteiger partial charge on any atom is 0.330 e. The Morgan fingerprint density at radius 3 is 2.38 bits per heavy atom. The largest absolute Gasteiger partial charge is 0.493 e. The van der Waals surface area contributed by atoms with Crippen LogP contribution >= 0.6 is 0 Å². The van der Waals surface area contributed by atoms with Gasteiger partial charge in [-0.1, -0.05) is 13.8 Å². The van der Waals surface area contributed by atoms with Crippen molar-refractivity contribution in [2.75, 3.05) is 27.4 Å². The first-order chi connectivity index (χ1) is 16.2. The number of benzene rings is 1. The van der Waals surface area contributed by atoms with E-state index in [4.69, 9.17) is 14.2 Å². The molecule has 3 fully saturated rings. The summed E-state index contributed by atoms with van der Waals surface area (Å²) in [5, 5.41) is 2.53. The first kappa shape index (κ1) is 25.0. The summed E-state index contributed by atoms with van der Waals surface area (Å²) in [6, 6.07) is 1.96. The molecular formula is C27H38FNO5. The molecule has 3 atom stereocenters. The lowest BCUT2D eigenvalue weighted by molar-refractivity contribution is -0.144. The van der Waals surface area contributed by atoms with Crippen LogP contribution in [-0.4, -0.2) is 45.4 Å². The third-order valence-corrected chi connectivity index (χ3v) is 7.78. The zero-order chi connectivity index (χ0) is 24.5. The molecule has 1 N–H and O–H groups in total. The van der Waals surface area contributed by atoms with E-state index in [0.29, 0.717) is 24.2 Å². The number of rotatable bonds is 9. The van der Waals surface area contributed by atoms with Crippen LogP contribution in [0.2, 0.25) is 0 Å². The summed E-state index contributed by atoms with van der Waals surface area (Å²) in [4.78, 5) is 24.8. The van der Waals surface area contributed by atoms with Crippen molar-refractivity contribution < 1.29 is 28.2 Å². The molecule has 1 aromatic rings. The Balaban J connectivity index is 1.53. The molecule has 3 aliphatic rings. The van der Waals surface area contributed by atoms with Gasteiger partial charge in [0.15, 0.2) is 6.04 Å². The Morgan fingerprint density at radius 1 is 1.12 bits per heavy atom. The normalized spacial score (nSPS) is 29.3. The fourth-order valence-electron chi connectivity index (χ4n) is 6.61. The van der Waals surface area contributed by atoms with Gasteiger partial charge in [-0.05, 0) is 80.2 Å². The molecule has 0 aromatic heterocycles. The van der Waals surface area contributed by atoms with Gasteiger partial charge >= 0.3 is 5.97 Å². The maximum absolute atomic E-state index is 15.1. The number of amides is 1. The smallest absolute Gasteiger partial charge is 0.330 e. The van der Waals surface area contributed by atoms with E-state index < -0.39 is 23.7 Å². The van der Waals surface area contributed by atoms with Crippen LogP contribution < -0.4 is 10.1 Å². The molecule has 0 radical (unpaired) electrons. The van der Waals surface area contributed by atoms with Crippen molar-refractivity contribution in [3.63, 3.8) is 0 Å². The van der Waals surface area contributed by atoms with Gasteiger partial charge in [0.25, 0.3) is 5.91 Å². The summed E-state index contributed by atoms with van der Waals surface area (Å²) in [6.45, 7) is 5.22. The lowest BCUT2D eigenvalue weighted by atomic mass is 9.57. The van der Waals surface area contributed by atoms with Crippen molar-refractivity contribution in [1.29, 1.82) is 0 Å². The highest BCUT2D eigenvalue weighted by Gasteiger charge is 2.45. The van der Waals surface area contributed by atoms with Crippen molar-refractivity contribution in [1.82, 2.24) is 5.32 Å². The van der Waals surface area contributed by atoms with E-state index >= 15 is 4.39 Å². The second kappa shape index (κ2) is 10.2. The van der Waals surface area contributed by atoms with Crippen LogP contribution in [0.15, 0.2) is 12.1 Å². The SMILES string of the molecule is COCC(NC(=O)c1cc(C2CC2)c(OCC23CC(C)CC(CC(C)C2)C3)cc1F)C(=O)OC. The van der Waals surface area contributed by atoms with Gasteiger partial charge in [-0.25, -0.2) is 9.18 Å². The van der Waals surface area contributed by atoms with Crippen molar-refractivity contribution in [3.05, 3.63) is 29.1 Å². The van der Waals surface area contributed by atoms with E-state index in [1.807, 2.05) is 0 Å². The lowest BCUT2D eigenvalue weighted by Gasteiger charge is -2.49. The Kier molecular flexibility index (Phi) is 7.51. The van der Waals surface area contributed by atoms with Gasteiger partial charge < -0.3 is 19.5 Å². The van der Waals surface area contributed by atoms with Crippen LogP contribution in [0.3, 0.4) is 0 Å². The topological polar surface area (TPSA) is 73.9 Å². The molecule has 6 nitrogen and oxygen atoms in total. The summed E-state index contributed by atoms with van der Waals surface area (Å²) < 4.78 is 31.2. The number of hydrogen-bond acceptors (Lipinski definition) is 5. The molecule has 0 spiro atoms. The van der Waals surface area contributed by atoms with Gasteiger partial charge in [-0.3, -0.25) is 4.79 Å². The molecule has 1 amide bonds. The Labute approximate surface area is 201 Å². The number of carbonyl (C=O) groups excluding carboxylic acids is 2. The predicted molar refractivity (Wildman–Crippen MR) is 126 cm³/mol. The third-order valence-electron chi connectivity index (χ3n) is 7.78. The molecule has 1 aromatic carbocycles. The average Bonchev–Trinajstić information content (AvgIpc) is 3.61. The van der Waals surface area contributed by atoms with Crippen molar-refractivity contribution in [2.24, 2.45) is 23.2 Å². The molecule has 34 heavy (non-hydrogen) atoms. The summed E-state index contributed by atoms with van der Waals surface area (Å²) in [7, 11) is 2.65. The predicted octanol–water partition coefficient (Wildman–Crippen LogP) is 4.85. The molecule has 0 saturated heterocycles. The fraction of sp³-hybridized carbons (Fsp3) is 0.704.